The lowest BCUT2D eigenvalue weighted by atomic mass is 10.2. The highest BCUT2D eigenvalue weighted by molar-refractivity contribution is 5.38. The van der Waals surface area contributed by atoms with Gasteiger partial charge in [-0.3, -0.25) is 0 Å². The maximum Gasteiger partial charge on any atom is 0.0645 e. The molecule has 0 aromatic heterocycles. The van der Waals surface area contributed by atoms with Gasteiger partial charge in [0.15, 0.2) is 0 Å². The zero-order chi connectivity index (χ0) is 10.2. The quantitative estimate of drug-likeness (QED) is 0.506. The Morgan fingerprint density at radius 2 is 2.25 bits per heavy atom. The highest BCUT2D eigenvalue weighted by atomic mass is 14.5. The highest BCUT2D eigenvalue weighted by Gasteiger charge is 1.80. The van der Waals surface area contributed by atoms with Gasteiger partial charge in [0.25, 0.3) is 0 Å². The molecular formula is C7H9N. The fraction of sp³-hybridized carbons (Fsp3) is 0.143. The number of anilines is 1. The summed E-state index contributed by atoms with van der Waals surface area (Å²) in [5, 5.41) is 0. The molecule has 0 bridgehead atoms. The average molecular weight is 112 g/mol. The summed E-state index contributed by atoms with van der Waals surface area (Å²) in [6.45, 7) is -2.28. The van der Waals surface area contributed by atoms with Crippen LogP contribution in [0.1, 0.15) is 12.4 Å². The van der Waals surface area contributed by atoms with Crippen LogP contribution in [0.3, 0.4) is 0 Å². The van der Waals surface area contributed by atoms with Gasteiger partial charge in [-0.05, 0) is 18.9 Å². The van der Waals surface area contributed by atoms with Crippen LogP contribution in [-0.4, -0.2) is 0 Å². The topological polar surface area (TPSA) is 26.0 Å². The molecule has 0 spiro atoms. The van der Waals surface area contributed by atoms with Gasteiger partial charge in [-0.1, -0.05) is 17.7 Å². The third-order valence-corrected chi connectivity index (χ3v) is 0.766. The van der Waals surface area contributed by atoms with Crippen molar-refractivity contribution in [2.24, 2.45) is 0 Å². The molecule has 0 aliphatic carbocycles. The van der Waals surface area contributed by atoms with Gasteiger partial charge in [-0.2, -0.15) is 0 Å². The molecule has 2 N–H and O–H groups in total. The average Bonchev–Trinajstić information content (AvgIpc) is 1.97. The van der Waals surface area contributed by atoms with Crippen molar-refractivity contribution in [2.75, 3.05) is 5.73 Å². The van der Waals surface area contributed by atoms with Gasteiger partial charge in [0.05, 0.1) is 2.74 Å². The summed E-state index contributed by atoms with van der Waals surface area (Å²) in [7, 11) is 0. The summed E-state index contributed by atoms with van der Waals surface area (Å²) < 4.78 is 35.8. The molecule has 8 heavy (non-hydrogen) atoms. The molecule has 0 heterocycles. The van der Waals surface area contributed by atoms with E-state index in [9.17, 15) is 0 Å². The van der Waals surface area contributed by atoms with Crippen LogP contribution in [0.25, 0.3) is 0 Å². The Kier molecular flexibility index (Phi) is 0.410. The van der Waals surface area contributed by atoms with Crippen molar-refractivity contribution in [1.29, 1.82) is 0 Å². The fourth-order valence-corrected chi connectivity index (χ4v) is 0.394. The van der Waals surface area contributed by atoms with Gasteiger partial charge in [0.2, 0.25) is 0 Å². The third-order valence-electron chi connectivity index (χ3n) is 0.766. The second kappa shape index (κ2) is 1.86. The molecule has 1 rings (SSSR count). The second-order valence-electron chi connectivity index (χ2n) is 1.45. The van der Waals surface area contributed by atoms with Crippen LogP contribution in [0.5, 0.6) is 0 Å². The van der Waals surface area contributed by atoms with Crippen LogP contribution in [-0.2, 0) is 0 Å². The molecule has 0 saturated carbocycles. The molecule has 0 atom stereocenters. The van der Waals surface area contributed by atoms with Crippen molar-refractivity contribution in [3.05, 3.63) is 29.8 Å². The first-order valence-electron chi connectivity index (χ1n) is 4.69. The maximum absolute atomic E-state index is 7.29. The van der Waals surface area contributed by atoms with Crippen LogP contribution < -0.4 is 5.73 Å². The summed E-state index contributed by atoms with van der Waals surface area (Å²) in [5.74, 6) is 0. The molecule has 1 aromatic rings. The molecular weight excluding hydrogens is 98.1 g/mol. The van der Waals surface area contributed by atoms with Gasteiger partial charge in [0.1, 0.15) is 0 Å². The predicted molar refractivity (Wildman–Crippen MR) is 35.6 cm³/mol. The van der Waals surface area contributed by atoms with E-state index < -0.39 is 6.85 Å². The first-order valence-corrected chi connectivity index (χ1v) is 2.19. The lowest BCUT2D eigenvalue weighted by Gasteiger charge is -1.90. The molecule has 0 aliphatic heterocycles. The number of nitrogen functional groups attached to an aromatic ring is 1. The van der Waals surface area contributed by atoms with Gasteiger partial charge in [-0.15, -0.1) is 0 Å². The van der Waals surface area contributed by atoms with Crippen LogP contribution in [0.15, 0.2) is 24.2 Å². The molecule has 0 unspecified atom stereocenters. The molecule has 0 radical (unpaired) electrons. The molecule has 0 aliphatic rings. The van der Waals surface area contributed by atoms with Gasteiger partial charge in [0, 0.05) is 9.80 Å². The third kappa shape index (κ3) is 0.997. The van der Waals surface area contributed by atoms with E-state index in [4.69, 9.17) is 12.6 Å². The molecule has 1 heteroatoms. The molecule has 0 saturated heterocycles. The standard InChI is InChI=1S/C7H9N/c1-6-2-4-7(8)5-3-6/h2-5H,8H2,1H3/i1D3,4D,5D. The Hall–Kier alpha value is -0.980. The van der Waals surface area contributed by atoms with Crippen LogP contribution in [0.4, 0.5) is 5.69 Å². The van der Waals surface area contributed by atoms with Crippen molar-refractivity contribution in [1.82, 2.24) is 0 Å². The first kappa shape index (κ1) is 1.76. The molecule has 1 aromatic carbocycles. The Morgan fingerprint density at radius 3 is 2.75 bits per heavy atom. The smallest absolute Gasteiger partial charge is 0.0645 e. The molecule has 1 nitrogen and oxygen atoms in total. The van der Waals surface area contributed by atoms with E-state index in [0.29, 0.717) is 0 Å². The van der Waals surface area contributed by atoms with E-state index in [-0.39, 0.29) is 23.3 Å². The van der Waals surface area contributed by atoms with Crippen molar-refractivity contribution in [3.8, 4) is 0 Å². The van der Waals surface area contributed by atoms with E-state index in [2.05, 4.69) is 0 Å². The van der Waals surface area contributed by atoms with E-state index in [1.54, 1.807) is 0 Å². The van der Waals surface area contributed by atoms with Crippen molar-refractivity contribution >= 4 is 5.69 Å². The summed E-state index contributed by atoms with van der Waals surface area (Å²) in [5.41, 5.74) is 5.33. The summed E-state index contributed by atoms with van der Waals surface area (Å²) in [4.78, 5) is 0. The zero-order valence-corrected chi connectivity index (χ0v) is 4.23. The maximum atomic E-state index is 7.29. The normalized spacial score (nSPS) is 19.8. The Bertz CT molecular complexity index is 307. The number of nitrogens with two attached hydrogens (primary N) is 1. The largest absolute Gasteiger partial charge is 0.399 e. The minimum Gasteiger partial charge on any atom is -0.399 e. The zero-order valence-electron chi connectivity index (χ0n) is 9.23. The first-order chi connectivity index (χ1) is 5.82. The number of aryl methyl sites for hydroxylation is 1. The monoisotopic (exact) mass is 112 g/mol. The van der Waals surface area contributed by atoms with E-state index in [1.165, 1.54) is 12.1 Å². The van der Waals surface area contributed by atoms with Crippen LogP contribution in [0, 0.1) is 6.85 Å². The van der Waals surface area contributed by atoms with Gasteiger partial charge < -0.3 is 5.73 Å². The number of hydrogen-bond acceptors (Lipinski definition) is 1. The van der Waals surface area contributed by atoms with E-state index in [1.807, 2.05) is 0 Å². The van der Waals surface area contributed by atoms with Crippen LogP contribution >= 0.6 is 0 Å². The SMILES string of the molecule is [2H]c1cc(C([2H])([2H])[2H])cc([2H])c1N. The van der Waals surface area contributed by atoms with Crippen LogP contribution in [0.2, 0.25) is 0 Å². The number of rotatable bonds is 0. The van der Waals surface area contributed by atoms with Crippen molar-refractivity contribution < 1.29 is 6.85 Å². The molecule has 42 valence electrons. The van der Waals surface area contributed by atoms with Crippen molar-refractivity contribution in [3.63, 3.8) is 0 Å². The van der Waals surface area contributed by atoms with Gasteiger partial charge >= 0.3 is 0 Å². The lowest BCUT2D eigenvalue weighted by Crippen LogP contribution is -1.81. The highest BCUT2D eigenvalue weighted by Crippen LogP contribution is 2.02. The minimum absolute atomic E-state index is 0.00741. The van der Waals surface area contributed by atoms with E-state index in [0.717, 1.165) is 0 Å². The predicted octanol–water partition coefficient (Wildman–Crippen LogP) is 1.58. The van der Waals surface area contributed by atoms with E-state index >= 15 is 0 Å². The minimum atomic E-state index is -2.28. The summed E-state index contributed by atoms with van der Waals surface area (Å²) in [6.07, 6.45) is 0. The Morgan fingerprint density at radius 1 is 1.62 bits per heavy atom. The number of benzene rings is 1. The summed E-state index contributed by atoms with van der Waals surface area (Å²) in [6, 6.07) is 2.11. The molecule has 0 fully saturated rings. The second-order valence-corrected chi connectivity index (χ2v) is 1.45. The van der Waals surface area contributed by atoms with Crippen molar-refractivity contribution in [2.45, 2.75) is 6.85 Å². The summed E-state index contributed by atoms with van der Waals surface area (Å²) >= 11 is 0. The van der Waals surface area contributed by atoms with Gasteiger partial charge in [-0.25, -0.2) is 0 Å². The fourth-order valence-electron chi connectivity index (χ4n) is 0.394. The Balaban J connectivity index is 3.29. The Labute approximate surface area is 56.2 Å². The number of hydrogen-bond donors (Lipinski definition) is 1. The lowest BCUT2D eigenvalue weighted by molar-refractivity contribution is 1.47. The molecule has 0 amide bonds.